The molecule has 0 unspecified atom stereocenters. The van der Waals surface area contributed by atoms with Crippen LogP contribution >= 0.6 is 22.7 Å². The molecule has 488 valence electrons. The number of pyridine rings is 1. The van der Waals surface area contributed by atoms with Crippen molar-refractivity contribution < 1.29 is 0 Å². The molecule has 0 aliphatic carbocycles. The molecular formula is C97H63N5S2. The third-order valence-electron chi connectivity index (χ3n) is 19.8. The molecule has 0 bridgehead atoms. The van der Waals surface area contributed by atoms with Gasteiger partial charge in [0.05, 0.1) is 44.8 Å². The number of hydrogen-bond acceptors (Lipinski definition) is 5. The highest BCUT2D eigenvalue weighted by atomic mass is 32.1. The van der Waals surface area contributed by atoms with Gasteiger partial charge in [0.2, 0.25) is 0 Å². The Labute approximate surface area is 610 Å². The molecule has 104 heavy (non-hydrogen) atoms. The lowest BCUT2D eigenvalue weighted by molar-refractivity contribution is 1.16. The minimum Gasteiger partial charge on any atom is -0.309 e. The minimum atomic E-state index is 0.694. The summed E-state index contributed by atoms with van der Waals surface area (Å²) in [6.07, 6.45) is 0. The van der Waals surface area contributed by atoms with Crippen molar-refractivity contribution in [1.29, 1.82) is 0 Å². The van der Waals surface area contributed by atoms with Crippen LogP contribution < -0.4 is 0 Å². The lowest BCUT2D eigenvalue weighted by Gasteiger charge is -2.13. The molecule has 0 aliphatic heterocycles. The fraction of sp³-hybridized carbons (Fsp3) is 0. The zero-order valence-electron chi connectivity index (χ0n) is 56.4. The Morgan fingerprint density at radius 3 is 0.981 bits per heavy atom. The van der Waals surface area contributed by atoms with Crippen LogP contribution in [0.2, 0.25) is 0 Å². The Morgan fingerprint density at radius 2 is 0.529 bits per heavy atom. The van der Waals surface area contributed by atoms with E-state index < -0.39 is 0 Å². The molecule has 0 spiro atoms. The number of rotatable bonds is 12. The predicted octanol–water partition coefficient (Wildman–Crippen LogP) is 26.9. The highest BCUT2D eigenvalue weighted by molar-refractivity contribution is 7.23. The lowest BCUT2D eigenvalue weighted by atomic mass is 9.97. The average molecular weight is 1360 g/mol. The van der Waals surface area contributed by atoms with Crippen LogP contribution in [0.5, 0.6) is 0 Å². The van der Waals surface area contributed by atoms with E-state index in [1.54, 1.807) is 0 Å². The van der Waals surface area contributed by atoms with Gasteiger partial charge >= 0.3 is 0 Å². The molecule has 0 aliphatic rings. The standard InChI is InChI=1S/C49H32N2S.C48H31N3S/c1-4-13-33(14-5-1)34-23-25-35(26-24-34)40-30-43(36-15-6-2-7-16-36)50-44(31-40)38-19-12-20-41(29-38)51-45-22-11-10-21-42(45)48-46(51)28-27-39-32-47(52-49(39)48)37-17-8-3-9-18-37;1-4-13-32(14-5-1)33-23-25-35(26-24-33)42-31-41(34-15-6-2-7-16-34)49-48(50-42)38-19-12-20-39(29-38)51-43-22-11-10-21-40(43)46-44(51)28-27-37-30-45(52-47(37)46)36-17-8-3-9-18-36/h1-32H;1-31H. The Bertz CT molecular complexity index is 6140. The normalized spacial score (nSPS) is 11.5. The van der Waals surface area contributed by atoms with Crippen molar-refractivity contribution in [3.05, 3.63) is 382 Å². The van der Waals surface area contributed by atoms with E-state index in [4.69, 9.17) is 15.0 Å². The molecule has 6 aromatic heterocycles. The van der Waals surface area contributed by atoms with Crippen molar-refractivity contribution in [3.8, 4) is 122 Å². The van der Waals surface area contributed by atoms with Gasteiger partial charge in [-0.15, -0.1) is 22.7 Å². The molecule has 0 saturated carbocycles. The number of hydrogen-bond donors (Lipinski definition) is 0. The third kappa shape index (κ3) is 11.6. The first-order valence-electron chi connectivity index (χ1n) is 35.1. The molecule has 7 heteroatoms. The van der Waals surface area contributed by atoms with Crippen LogP contribution in [0.15, 0.2) is 382 Å². The zero-order valence-corrected chi connectivity index (χ0v) is 58.1. The van der Waals surface area contributed by atoms with Crippen molar-refractivity contribution in [3.63, 3.8) is 0 Å². The van der Waals surface area contributed by atoms with Gasteiger partial charge in [0.25, 0.3) is 0 Å². The largest absolute Gasteiger partial charge is 0.309 e. The van der Waals surface area contributed by atoms with Crippen LogP contribution in [0, 0.1) is 0 Å². The van der Waals surface area contributed by atoms with Crippen molar-refractivity contribution in [2.45, 2.75) is 0 Å². The van der Waals surface area contributed by atoms with Gasteiger partial charge in [-0.1, -0.05) is 303 Å². The molecular weight excluding hydrogens is 1300 g/mol. The van der Waals surface area contributed by atoms with Crippen molar-refractivity contribution in [1.82, 2.24) is 24.1 Å². The number of fused-ring (bicyclic) bond motifs is 10. The summed E-state index contributed by atoms with van der Waals surface area (Å²) < 4.78 is 7.44. The maximum atomic E-state index is 5.28. The Balaban J connectivity index is 0.000000143. The topological polar surface area (TPSA) is 48.5 Å². The molecule has 0 amide bonds. The number of nitrogens with zero attached hydrogens (tertiary/aromatic N) is 5. The van der Waals surface area contributed by atoms with E-state index in [0.717, 1.165) is 73.1 Å². The van der Waals surface area contributed by atoms with E-state index in [-0.39, 0.29) is 0 Å². The maximum Gasteiger partial charge on any atom is 0.160 e. The molecule has 20 aromatic rings. The van der Waals surface area contributed by atoms with Crippen molar-refractivity contribution in [2.75, 3.05) is 0 Å². The fourth-order valence-electron chi connectivity index (χ4n) is 14.8. The maximum absolute atomic E-state index is 5.28. The van der Waals surface area contributed by atoms with E-state index >= 15 is 0 Å². The van der Waals surface area contributed by atoms with Gasteiger partial charge in [-0.25, -0.2) is 15.0 Å². The molecule has 6 heterocycles. The Morgan fingerprint density at radius 1 is 0.202 bits per heavy atom. The predicted molar refractivity (Wildman–Crippen MR) is 440 cm³/mol. The molecule has 14 aromatic carbocycles. The van der Waals surface area contributed by atoms with Gasteiger partial charge < -0.3 is 9.13 Å². The monoisotopic (exact) mass is 1360 g/mol. The molecule has 5 nitrogen and oxygen atoms in total. The summed E-state index contributed by atoms with van der Waals surface area (Å²) in [7, 11) is 0. The van der Waals surface area contributed by atoms with Gasteiger partial charge in [-0.2, -0.15) is 0 Å². The van der Waals surface area contributed by atoms with Crippen LogP contribution in [0.25, 0.3) is 186 Å². The first-order valence-corrected chi connectivity index (χ1v) is 36.7. The number of aromatic nitrogens is 5. The van der Waals surface area contributed by atoms with E-state index in [1.165, 1.54) is 107 Å². The first-order chi connectivity index (χ1) is 51.5. The zero-order chi connectivity index (χ0) is 68.9. The van der Waals surface area contributed by atoms with Gasteiger partial charge in [0.15, 0.2) is 5.82 Å². The second-order valence-electron chi connectivity index (χ2n) is 26.2. The third-order valence-corrected chi connectivity index (χ3v) is 22.3. The van der Waals surface area contributed by atoms with E-state index in [9.17, 15) is 0 Å². The van der Waals surface area contributed by atoms with E-state index in [2.05, 4.69) is 379 Å². The quantitative estimate of drug-likeness (QED) is 0.122. The van der Waals surface area contributed by atoms with Gasteiger partial charge in [-0.05, 0) is 134 Å². The van der Waals surface area contributed by atoms with Crippen LogP contribution in [0.1, 0.15) is 0 Å². The van der Waals surface area contributed by atoms with Crippen LogP contribution in [0.3, 0.4) is 0 Å². The lowest BCUT2D eigenvalue weighted by Crippen LogP contribution is -1.98. The molecule has 0 saturated heterocycles. The number of para-hydroxylation sites is 2. The summed E-state index contributed by atoms with van der Waals surface area (Å²) in [5.41, 5.74) is 25.5. The number of thiophene rings is 2. The SMILES string of the molecule is c1ccc(-c2ccc(-c3cc(-c4ccccc4)nc(-c4cccc(-n5c6ccccc6c6c7sc(-c8ccccc8)cc7ccc65)c4)c3)cc2)cc1.c1ccc(-c2ccc(-c3cc(-c4ccccc4)nc(-c4cccc(-n5c6ccccc6c6c7sc(-c8ccccc8)cc7ccc65)c4)n3)cc2)cc1. The highest BCUT2D eigenvalue weighted by Crippen LogP contribution is 2.46. The smallest absolute Gasteiger partial charge is 0.160 e. The van der Waals surface area contributed by atoms with Gasteiger partial charge in [0.1, 0.15) is 0 Å². The van der Waals surface area contributed by atoms with Crippen molar-refractivity contribution in [2.24, 2.45) is 0 Å². The number of benzene rings is 14. The van der Waals surface area contributed by atoms with Gasteiger partial charge in [0, 0.05) is 79.9 Å². The van der Waals surface area contributed by atoms with E-state index in [0.29, 0.717) is 5.82 Å². The summed E-state index contributed by atoms with van der Waals surface area (Å²) in [6.45, 7) is 0. The van der Waals surface area contributed by atoms with Crippen LogP contribution in [-0.4, -0.2) is 24.1 Å². The molecule has 0 atom stereocenters. The van der Waals surface area contributed by atoms with Crippen LogP contribution in [0.4, 0.5) is 0 Å². The Hall–Kier alpha value is -13.2. The summed E-state index contributed by atoms with van der Waals surface area (Å²) in [5, 5.41) is 7.65. The second-order valence-corrected chi connectivity index (χ2v) is 28.3. The second kappa shape index (κ2) is 26.7. The molecule has 0 fully saturated rings. The first kappa shape index (κ1) is 61.9. The average Bonchev–Trinajstić information content (AvgIpc) is 1.57. The summed E-state index contributed by atoms with van der Waals surface area (Å²) >= 11 is 3.75. The molecule has 20 rings (SSSR count). The molecule has 0 radical (unpaired) electrons. The highest BCUT2D eigenvalue weighted by Gasteiger charge is 2.22. The molecule has 0 N–H and O–H groups in total. The van der Waals surface area contributed by atoms with E-state index in [1.807, 2.05) is 34.8 Å². The fourth-order valence-corrected chi connectivity index (χ4v) is 17.2. The summed E-state index contributed by atoms with van der Waals surface area (Å²) in [4.78, 5) is 18.2. The Kier molecular flexibility index (Phi) is 15.9. The minimum absolute atomic E-state index is 0.694. The van der Waals surface area contributed by atoms with Gasteiger partial charge in [-0.3, -0.25) is 0 Å². The van der Waals surface area contributed by atoms with Crippen molar-refractivity contribution >= 4 is 86.5 Å². The van der Waals surface area contributed by atoms with Crippen LogP contribution in [-0.2, 0) is 0 Å². The summed E-state index contributed by atoms with van der Waals surface area (Å²) in [5.74, 6) is 0.694. The summed E-state index contributed by atoms with van der Waals surface area (Å²) in [6, 6.07) is 136.